The number of fused-ring (bicyclic) bond motifs is 3. The second-order valence-electron chi connectivity index (χ2n) is 7.13. The van der Waals surface area contributed by atoms with Crippen molar-refractivity contribution in [3.05, 3.63) is 131 Å². The number of alkyl halides is 2. The summed E-state index contributed by atoms with van der Waals surface area (Å²) in [6.45, 7) is 0. The van der Waals surface area contributed by atoms with Crippen molar-refractivity contribution in [3.63, 3.8) is 0 Å². The van der Waals surface area contributed by atoms with Gasteiger partial charge in [-0.15, -0.1) is 0 Å². The third-order valence-electron chi connectivity index (χ3n) is 5.75. The average Bonchev–Trinajstić information content (AvgIpc) is 3.06. The largest absolute Gasteiger partial charge is 0.0946 e. The fraction of sp³-hybridized carbons (Fsp3) is 0.0769. The van der Waals surface area contributed by atoms with Crippen LogP contribution < -0.4 is 0 Å². The standard InChI is InChI=1S/C26H18Br2/c27-25(28)18-14-16-20(17-15-18)26(19-8-2-1-3-9-19)23-12-6-4-10-21(23)22-11-5-7-13-24(22)26/h1-17,25H. The molecule has 2 heteroatoms. The van der Waals surface area contributed by atoms with Gasteiger partial charge in [0.2, 0.25) is 0 Å². The van der Waals surface area contributed by atoms with Gasteiger partial charge >= 0.3 is 0 Å². The van der Waals surface area contributed by atoms with E-state index in [2.05, 4.69) is 135 Å². The normalized spacial score (nSPS) is 14.0. The molecule has 4 aromatic rings. The summed E-state index contributed by atoms with van der Waals surface area (Å²) in [5.41, 5.74) is 8.85. The maximum Gasteiger partial charge on any atom is 0.0946 e. The third-order valence-corrected chi connectivity index (χ3v) is 6.81. The smallest absolute Gasteiger partial charge is 0.0712 e. The number of hydrogen-bond donors (Lipinski definition) is 0. The molecule has 1 aliphatic carbocycles. The first-order valence-electron chi connectivity index (χ1n) is 9.36. The Hall–Kier alpha value is -2.16. The van der Waals surface area contributed by atoms with Gasteiger partial charge in [-0.25, -0.2) is 0 Å². The van der Waals surface area contributed by atoms with E-state index in [1.54, 1.807) is 0 Å². The lowest BCUT2D eigenvalue weighted by atomic mass is 9.67. The zero-order valence-electron chi connectivity index (χ0n) is 15.1. The van der Waals surface area contributed by atoms with E-state index in [1.807, 2.05) is 0 Å². The van der Waals surface area contributed by atoms with E-state index in [9.17, 15) is 0 Å². The van der Waals surface area contributed by atoms with Crippen LogP contribution in [-0.2, 0) is 5.41 Å². The van der Waals surface area contributed by atoms with Crippen molar-refractivity contribution in [1.29, 1.82) is 0 Å². The van der Waals surface area contributed by atoms with Crippen molar-refractivity contribution in [2.24, 2.45) is 0 Å². The number of halogens is 2. The number of rotatable bonds is 3. The van der Waals surface area contributed by atoms with Crippen LogP contribution in [0.5, 0.6) is 0 Å². The Morgan fingerprint density at radius 3 is 1.50 bits per heavy atom. The van der Waals surface area contributed by atoms with Crippen LogP contribution in [0.2, 0.25) is 0 Å². The second kappa shape index (κ2) is 7.02. The summed E-state index contributed by atoms with van der Waals surface area (Å²) in [6.07, 6.45) is 0. The maximum atomic E-state index is 3.62. The Bertz CT molecular complexity index is 1080. The Morgan fingerprint density at radius 1 is 0.500 bits per heavy atom. The maximum absolute atomic E-state index is 3.62. The van der Waals surface area contributed by atoms with Gasteiger partial charge in [-0.2, -0.15) is 0 Å². The molecule has 0 fully saturated rings. The highest BCUT2D eigenvalue weighted by Gasteiger charge is 2.45. The summed E-state index contributed by atoms with van der Waals surface area (Å²) in [5, 5.41) is 0. The molecular weight excluding hydrogens is 472 g/mol. The predicted octanol–water partition coefficient (Wildman–Crippen LogP) is 7.84. The topological polar surface area (TPSA) is 0 Å². The van der Waals surface area contributed by atoms with Crippen LogP contribution in [-0.4, -0.2) is 0 Å². The Balaban J connectivity index is 1.89. The minimum atomic E-state index is -0.304. The first-order valence-corrected chi connectivity index (χ1v) is 11.2. The highest BCUT2D eigenvalue weighted by molar-refractivity contribution is 9.24. The Labute approximate surface area is 182 Å². The van der Waals surface area contributed by atoms with Crippen molar-refractivity contribution < 1.29 is 0 Å². The lowest BCUT2D eigenvalue weighted by molar-refractivity contribution is 0.768. The first kappa shape index (κ1) is 17.9. The van der Waals surface area contributed by atoms with Crippen molar-refractivity contribution in [3.8, 4) is 11.1 Å². The van der Waals surface area contributed by atoms with Crippen LogP contribution in [0.15, 0.2) is 103 Å². The van der Waals surface area contributed by atoms with Gasteiger partial charge in [-0.05, 0) is 38.9 Å². The van der Waals surface area contributed by atoms with Gasteiger partial charge in [-0.3, -0.25) is 0 Å². The molecule has 0 bridgehead atoms. The van der Waals surface area contributed by atoms with Gasteiger partial charge in [0, 0.05) is 0 Å². The predicted molar refractivity (Wildman–Crippen MR) is 124 cm³/mol. The molecule has 0 spiro atoms. The Morgan fingerprint density at radius 2 is 0.964 bits per heavy atom. The van der Waals surface area contributed by atoms with Gasteiger partial charge in [0.1, 0.15) is 0 Å². The van der Waals surface area contributed by atoms with Gasteiger partial charge in [0.25, 0.3) is 0 Å². The average molecular weight is 490 g/mol. The molecule has 1 aliphatic rings. The summed E-state index contributed by atoms with van der Waals surface area (Å²) >= 11 is 7.23. The van der Waals surface area contributed by atoms with Crippen LogP contribution in [0.25, 0.3) is 11.1 Å². The molecular formula is C26H18Br2. The second-order valence-corrected chi connectivity index (χ2v) is 10.2. The molecule has 0 nitrogen and oxygen atoms in total. The van der Waals surface area contributed by atoms with Crippen molar-refractivity contribution in [2.75, 3.05) is 0 Å². The minimum Gasteiger partial charge on any atom is -0.0712 e. The van der Waals surface area contributed by atoms with Crippen LogP contribution in [0, 0.1) is 0 Å². The monoisotopic (exact) mass is 488 g/mol. The van der Waals surface area contributed by atoms with E-state index >= 15 is 0 Å². The molecule has 0 N–H and O–H groups in total. The summed E-state index contributed by atoms with van der Waals surface area (Å²) < 4.78 is 0.157. The van der Waals surface area contributed by atoms with E-state index in [0.717, 1.165) is 0 Å². The summed E-state index contributed by atoms with van der Waals surface area (Å²) in [6, 6.07) is 37.5. The van der Waals surface area contributed by atoms with Crippen LogP contribution in [0.1, 0.15) is 31.6 Å². The molecule has 0 heterocycles. The quantitative estimate of drug-likeness (QED) is 0.226. The number of hydrogen-bond acceptors (Lipinski definition) is 0. The van der Waals surface area contributed by atoms with Gasteiger partial charge in [-0.1, -0.05) is 135 Å². The summed E-state index contributed by atoms with van der Waals surface area (Å²) in [4.78, 5) is 0. The van der Waals surface area contributed by atoms with Crippen LogP contribution in [0.3, 0.4) is 0 Å². The van der Waals surface area contributed by atoms with Crippen molar-refractivity contribution in [1.82, 2.24) is 0 Å². The van der Waals surface area contributed by atoms with E-state index < -0.39 is 0 Å². The number of benzene rings is 4. The van der Waals surface area contributed by atoms with Crippen LogP contribution in [0.4, 0.5) is 0 Å². The van der Waals surface area contributed by atoms with Crippen molar-refractivity contribution in [2.45, 2.75) is 9.15 Å². The third kappa shape index (κ3) is 2.55. The molecule has 28 heavy (non-hydrogen) atoms. The Kier molecular flexibility index (Phi) is 4.49. The van der Waals surface area contributed by atoms with Gasteiger partial charge < -0.3 is 0 Å². The van der Waals surface area contributed by atoms with E-state index in [0.29, 0.717) is 0 Å². The molecule has 0 atom stereocenters. The first-order chi connectivity index (χ1) is 13.7. The molecule has 0 radical (unpaired) electrons. The highest BCUT2D eigenvalue weighted by atomic mass is 79.9. The van der Waals surface area contributed by atoms with Crippen molar-refractivity contribution >= 4 is 31.9 Å². The van der Waals surface area contributed by atoms with E-state index in [-0.39, 0.29) is 9.15 Å². The molecule has 0 amide bonds. The van der Waals surface area contributed by atoms with Crippen LogP contribution >= 0.6 is 31.9 Å². The zero-order valence-corrected chi connectivity index (χ0v) is 18.3. The summed E-state index contributed by atoms with van der Waals surface area (Å²) in [5.74, 6) is 0. The molecule has 0 unspecified atom stereocenters. The lowest BCUT2D eigenvalue weighted by Gasteiger charge is -2.34. The summed E-state index contributed by atoms with van der Waals surface area (Å²) in [7, 11) is 0. The molecule has 0 saturated carbocycles. The molecule has 0 aromatic heterocycles. The molecule has 4 aromatic carbocycles. The fourth-order valence-electron chi connectivity index (χ4n) is 4.59. The molecule has 0 aliphatic heterocycles. The SMILES string of the molecule is BrC(Br)c1ccc(C2(c3ccccc3)c3ccccc3-c3ccccc32)cc1. The van der Waals surface area contributed by atoms with Gasteiger partial charge in [0.05, 0.1) is 9.15 Å². The van der Waals surface area contributed by atoms with Gasteiger partial charge in [0.15, 0.2) is 0 Å². The zero-order chi connectivity index (χ0) is 19.1. The van der Waals surface area contributed by atoms with E-state index in [1.165, 1.54) is 38.9 Å². The fourth-order valence-corrected chi connectivity index (χ4v) is 5.20. The molecule has 5 rings (SSSR count). The van der Waals surface area contributed by atoms with E-state index in [4.69, 9.17) is 0 Å². The highest BCUT2D eigenvalue weighted by Crippen LogP contribution is 2.55. The molecule has 136 valence electrons. The lowest BCUT2D eigenvalue weighted by Crippen LogP contribution is -2.28. The minimum absolute atomic E-state index is 0.157. The molecule has 0 saturated heterocycles.